The lowest BCUT2D eigenvalue weighted by Crippen LogP contribution is -2.48. The topological polar surface area (TPSA) is 45.7 Å². The average molecular weight is 511 g/mol. The van der Waals surface area contributed by atoms with Crippen LogP contribution in [0.2, 0.25) is 0 Å². The summed E-state index contributed by atoms with van der Waals surface area (Å²) in [5, 5.41) is 6.92. The lowest BCUT2D eigenvalue weighted by molar-refractivity contribution is 0.0513. The molecule has 158 valence electrons. The van der Waals surface area contributed by atoms with E-state index >= 15 is 0 Å². The largest absolute Gasteiger partial charge is 0.381 e. The van der Waals surface area contributed by atoms with Crippen molar-refractivity contribution < 1.29 is 9.13 Å². The van der Waals surface area contributed by atoms with Crippen LogP contribution in [0.1, 0.15) is 36.8 Å². The van der Waals surface area contributed by atoms with Crippen LogP contribution in [0.5, 0.6) is 0 Å². The first-order valence-corrected chi connectivity index (χ1v) is 9.96. The van der Waals surface area contributed by atoms with Crippen LogP contribution in [0.25, 0.3) is 0 Å². The third-order valence-corrected chi connectivity index (χ3v) is 5.67. The van der Waals surface area contributed by atoms with Crippen molar-refractivity contribution in [2.24, 2.45) is 4.99 Å². The van der Waals surface area contributed by atoms with Crippen molar-refractivity contribution >= 4 is 29.9 Å². The summed E-state index contributed by atoms with van der Waals surface area (Å²) >= 11 is 0. The molecule has 2 aromatic rings. The molecule has 1 aliphatic heterocycles. The second-order valence-corrected chi connectivity index (χ2v) is 7.52. The Labute approximate surface area is 190 Å². The molecule has 1 saturated heterocycles. The Kier molecular flexibility index (Phi) is 9.36. The zero-order valence-electron chi connectivity index (χ0n) is 17.2. The van der Waals surface area contributed by atoms with Gasteiger partial charge >= 0.3 is 0 Å². The van der Waals surface area contributed by atoms with Gasteiger partial charge in [0, 0.05) is 38.8 Å². The standard InChI is InChI=1S/C23H30FN3O.HI/c1-18(19-6-4-3-5-7-19)16-26-22(25-2)27-17-23(12-14-28-15-13-23)20-8-10-21(24)11-9-20;/h3-11,18H,12-17H2,1-2H3,(H2,25,26,27);1H. The summed E-state index contributed by atoms with van der Waals surface area (Å²) in [4.78, 5) is 4.38. The maximum Gasteiger partial charge on any atom is 0.191 e. The fourth-order valence-corrected chi connectivity index (χ4v) is 3.76. The van der Waals surface area contributed by atoms with Crippen molar-refractivity contribution in [1.29, 1.82) is 0 Å². The number of ether oxygens (including phenoxy) is 1. The average Bonchev–Trinajstić information content (AvgIpc) is 2.75. The Morgan fingerprint density at radius 3 is 2.34 bits per heavy atom. The molecule has 0 radical (unpaired) electrons. The molecule has 0 amide bonds. The van der Waals surface area contributed by atoms with Crippen molar-refractivity contribution in [3.8, 4) is 0 Å². The molecule has 1 aliphatic rings. The summed E-state index contributed by atoms with van der Waals surface area (Å²) in [5.41, 5.74) is 2.38. The van der Waals surface area contributed by atoms with Crippen molar-refractivity contribution in [2.45, 2.75) is 31.1 Å². The van der Waals surface area contributed by atoms with Gasteiger partial charge in [0.15, 0.2) is 5.96 Å². The quantitative estimate of drug-likeness (QED) is 0.342. The molecule has 0 saturated carbocycles. The van der Waals surface area contributed by atoms with E-state index in [0.29, 0.717) is 5.92 Å². The highest BCUT2D eigenvalue weighted by Crippen LogP contribution is 2.34. The molecule has 2 aromatic carbocycles. The molecule has 0 bridgehead atoms. The number of hydrogen-bond acceptors (Lipinski definition) is 2. The first kappa shape index (κ1) is 23.6. The molecular weight excluding hydrogens is 480 g/mol. The molecule has 0 aliphatic carbocycles. The van der Waals surface area contributed by atoms with Crippen LogP contribution >= 0.6 is 24.0 Å². The summed E-state index contributed by atoms with van der Waals surface area (Å²) < 4.78 is 19.0. The lowest BCUT2D eigenvalue weighted by atomic mass is 9.74. The maximum absolute atomic E-state index is 13.4. The van der Waals surface area contributed by atoms with Gasteiger partial charge in [-0.25, -0.2) is 4.39 Å². The van der Waals surface area contributed by atoms with Gasteiger partial charge in [0.2, 0.25) is 0 Å². The lowest BCUT2D eigenvalue weighted by Gasteiger charge is -2.38. The molecule has 4 nitrogen and oxygen atoms in total. The van der Waals surface area contributed by atoms with Gasteiger partial charge in [-0.05, 0) is 42.0 Å². The van der Waals surface area contributed by atoms with Crippen molar-refractivity contribution in [2.75, 3.05) is 33.4 Å². The van der Waals surface area contributed by atoms with E-state index in [2.05, 4.69) is 46.8 Å². The van der Waals surface area contributed by atoms with Gasteiger partial charge in [0.25, 0.3) is 0 Å². The Hall–Kier alpha value is -1.67. The highest BCUT2D eigenvalue weighted by atomic mass is 127. The van der Waals surface area contributed by atoms with E-state index in [4.69, 9.17) is 4.74 Å². The highest BCUT2D eigenvalue weighted by Gasteiger charge is 2.34. The Morgan fingerprint density at radius 1 is 1.07 bits per heavy atom. The van der Waals surface area contributed by atoms with Gasteiger partial charge in [0.05, 0.1) is 0 Å². The van der Waals surface area contributed by atoms with Gasteiger partial charge in [-0.15, -0.1) is 24.0 Å². The summed E-state index contributed by atoms with van der Waals surface area (Å²) in [7, 11) is 1.79. The summed E-state index contributed by atoms with van der Waals surface area (Å²) in [5.74, 6) is 0.968. The van der Waals surface area contributed by atoms with Gasteiger partial charge in [-0.2, -0.15) is 0 Å². The van der Waals surface area contributed by atoms with E-state index in [1.807, 2.05) is 18.2 Å². The molecule has 1 unspecified atom stereocenters. The number of rotatable bonds is 6. The first-order valence-electron chi connectivity index (χ1n) is 9.96. The molecule has 3 rings (SSSR count). The fraction of sp³-hybridized carbons (Fsp3) is 0.435. The second-order valence-electron chi connectivity index (χ2n) is 7.52. The number of nitrogens with one attached hydrogen (secondary N) is 2. The smallest absolute Gasteiger partial charge is 0.191 e. The minimum absolute atomic E-state index is 0. The van der Waals surface area contributed by atoms with Gasteiger partial charge in [-0.3, -0.25) is 4.99 Å². The van der Waals surface area contributed by atoms with Crippen LogP contribution in [0.3, 0.4) is 0 Å². The molecule has 2 N–H and O–H groups in total. The van der Waals surface area contributed by atoms with Crippen LogP contribution < -0.4 is 10.6 Å². The third-order valence-electron chi connectivity index (χ3n) is 5.67. The van der Waals surface area contributed by atoms with Crippen molar-refractivity contribution in [3.05, 3.63) is 71.5 Å². The summed E-state index contributed by atoms with van der Waals surface area (Å²) in [6, 6.07) is 17.3. The van der Waals surface area contributed by atoms with Crippen LogP contribution in [-0.2, 0) is 10.2 Å². The molecule has 1 fully saturated rings. The zero-order valence-corrected chi connectivity index (χ0v) is 19.5. The molecule has 6 heteroatoms. The third kappa shape index (κ3) is 6.40. The first-order chi connectivity index (χ1) is 13.6. The minimum atomic E-state index is -0.203. The number of halogens is 2. The maximum atomic E-state index is 13.4. The van der Waals surface area contributed by atoms with Crippen LogP contribution in [0.4, 0.5) is 4.39 Å². The fourth-order valence-electron chi connectivity index (χ4n) is 3.76. The number of aliphatic imine (C=N–C) groups is 1. The zero-order chi connectivity index (χ0) is 19.8. The van der Waals surface area contributed by atoms with Crippen molar-refractivity contribution in [3.63, 3.8) is 0 Å². The second kappa shape index (κ2) is 11.5. The SMILES string of the molecule is CN=C(NCC(C)c1ccccc1)NCC1(c2ccc(F)cc2)CCOCC1.I. The van der Waals surface area contributed by atoms with E-state index in [0.717, 1.165) is 50.7 Å². The van der Waals surface area contributed by atoms with E-state index in [-0.39, 0.29) is 35.2 Å². The van der Waals surface area contributed by atoms with Crippen LogP contribution in [-0.4, -0.2) is 39.3 Å². The molecule has 1 heterocycles. The van der Waals surface area contributed by atoms with E-state index in [9.17, 15) is 4.39 Å². The predicted molar refractivity (Wildman–Crippen MR) is 128 cm³/mol. The Bertz CT molecular complexity index is 761. The number of guanidine groups is 1. The molecule has 0 spiro atoms. The summed E-state index contributed by atoms with van der Waals surface area (Å²) in [6.45, 7) is 5.18. The normalized spacial score (nSPS) is 17.1. The van der Waals surface area contributed by atoms with E-state index < -0.39 is 0 Å². The Balaban J connectivity index is 0.00000300. The number of nitrogens with zero attached hydrogens (tertiary/aromatic N) is 1. The van der Waals surface area contributed by atoms with Gasteiger partial charge in [0.1, 0.15) is 5.82 Å². The van der Waals surface area contributed by atoms with E-state index in [1.54, 1.807) is 19.2 Å². The molecular formula is C23H31FIN3O. The molecule has 29 heavy (non-hydrogen) atoms. The van der Waals surface area contributed by atoms with Gasteiger partial charge < -0.3 is 15.4 Å². The summed E-state index contributed by atoms with van der Waals surface area (Å²) in [6.07, 6.45) is 1.81. The monoisotopic (exact) mass is 511 g/mol. The predicted octanol–water partition coefficient (Wildman–Crippen LogP) is 4.46. The highest BCUT2D eigenvalue weighted by molar-refractivity contribution is 14.0. The van der Waals surface area contributed by atoms with Gasteiger partial charge in [-0.1, -0.05) is 49.4 Å². The Morgan fingerprint density at radius 2 is 1.72 bits per heavy atom. The minimum Gasteiger partial charge on any atom is -0.381 e. The van der Waals surface area contributed by atoms with E-state index in [1.165, 1.54) is 5.56 Å². The van der Waals surface area contributed by atoms with Crippen molar-refractivity contribution in [1.82, 2.24) is 10.6 Å². The molecule has 0 aromatic heterocycles. The van der Waals surface area contributed by atoms with Crippen LogP contribution in [0, 0.1) is 5.82 Å². The molecule has 1 atom stereocenters. The number of hydrogen-bond donors (Lipinski definition) is 2. The number of benzene rings is 2. The van der Waals surface area contributed by atoms with Crippen LogP contribution in [0.15, 0.2) is 59.6 Å².